The van der Waals surface area contributed by atoms with E-state index in [2.05, 4.69) is 34.6 Å². The van der Waals surface area contributed by atoms with Crippen molar-refractivity contribution < 1.29 is 0 Å². The Morgan fingerprint density at radius 3 is 3.00 bits per heavy atom. The van der Waals surface area contributed by atoms with Crippen LogP contribution in [0, 0.1) is 0 Å². The Morgan fingerprint density at radius 1 is 1.64 bits per heavy atom. The molecule has 0 aliphatic carbocycles. The first-order valence-electron chi connectivity index (χ1n) is 3.87. The van der Waals surface area contributed by atoms with Crippen LogP contribution in [-0.4, -0.2) is 28.0 Å². The molecule has 0 aliphatic rings. The first kappa shape index (κ1) is 8.20. The van der Waals surface area contributed by atoms with Crippen molar-refractivity contribution in [3.63, 3.8) is 0 Å². The van der Waals surface area contributed by atoms with E-state index in [1.165, 1.54) is 0 Å². The Balaban J connectivity index is 2.14. The van der Waals surface area contributed by atoms with Crippen molar-refractivity contribution in [3.05, 3.63) is 11.9 Å². The maximum atomic E-state index is 3.94. The maximum absolute atomic E-state index is 3.94. The molecule has 0 unspecified atom stereocenters. The molecule has 1 aromatic rings. The lowest BCUT2D eigenvalue weighted by Crippen LogP contribution is -2.25. The van der Waals surface area contributed by atoms with Crippen LogP contribution in [0.15, 0.2) is 6.20 Å². The third kappa shape index (κ3) is 3.13. The lowest BCUT2D eigenvalue weighted by atomic mass is 10.3. The summed E-state index contributed by atoms with van der Waals surface area (Å²) in [5, 5.41) is 13.5. The smallest absolute Gasteiger partial charge is 0.0837 e. The number of aromatic nitrogens is 3. The standard InChI is InChI=1S/C7H14N4/c1-6(2)8-4-3-7-5-9-11-10-7/h5-6,8H,3-4H2,1-2H3,(H,9,10,11). The minimum Gasteiger partial charge on any atom is -0.314 e. The van der Waals surface area contributed by atoms with Gasteiger partial charge in [-0.05, 0) is 0 Å². The highest BCUT2D eigenvalue weighted by molar-refractivity contribution is 4.90. The van der Waals surface area contributed by atoms with E-state index in [0.29, 0.717) is 6.04 Å². The highest BCUT2D eigenvalue weighted by atomic mass is 15.3. The molecule has 0 radical (unpaired) electrons. The molecule has 1 rings (SSSR count). The minimum atomic E-state index is 0.543. The van der Waals surface area contributed by atoms with E-state index < -0.39 is 0 Å². The van der Waals surface area contributed by atoms with Crippen LogP contribution in [0.1, 0.15) is 19.5 Å². The van der Waals surface area contributed by atoms with Gasteiger partial charge in [-0.25, -0.2) is 0 Å². The molecule has 4 nitrogen and oxygen atoms in total. The summed E-state index contributed by atoms with van der Waals surface area (Å²) in [4.78, 5) is 0. The van der Waals surface area contributed by atoms with Crippen molar-refractivity contribution >= 4 is 0 Å². The van der Waals surface area contributed by atoms with E-state index in [-0.39, 0.29) is 0 Å². The van der Waals surface area contributed by atoms with Gasteiger partial charge in [-0.1, -0.05) is 13.8 Å². The van der Waals surface area contributed by atoms with E-state index in [1.807, 2.05) is 0 Å². The number of rotatable bonds is 4. The van der Waals surface area contributed by atoms with Gasteiger partial charge < -0.3 is 5.32 Å². The van der Waals surface area contributed by atoms with Gasteiger partial charge in [-0.15, -0.1) is 0 Å². The van der Waals surface area contributed by atoms with Crippen molar-refractivity contribution in [3.8, 4) is 0 Å². The lowest BCUT2D eigenvalue weighted by Gasteiger charge is -2.05. The zero-order chi connectivity index (χ0) is 8.10. The molecule has 0 spiro atoms. The van der Waals surface area contributed by atoms with Crippen molar-refractivity contribution in [1.82, 2.24) is 20.7 Å². The fourth-order valence-corrected chi connectivity index (χ4v) is 0.835. The van der Waals surface area contributed by atoms with Gasteiger partial charge in [0.25, 0.3) is 0 Å². The summed E-state index contributed by atoms with van der Waals surface area (Å²) >= 11 is 0. The van der Waals surface area contributed by atoms with Crippen LogP contribution in [0.2, 0.25) is 0 Å². The lowest BCUT2D eigenvalue weighted by molar-refractivity contribution is 0.587. The zero-order valence-electron chi connectivity index (χ0n) is 6.96. The first-order chi connectivity index (χ1) is 5.29. The minimum absolute atomic E-state index is 0.543. The molecule has 2 N–H and O–H groups in total. The summed E-state index contributed by atoms with van der Waals surface area (Å²) in [7, 11) is 0. The van der Waals surface area contributed by atoms with E-state index in [4.69, 9.17) is 0 Å². The fourth-order valence-electron chi connectivity index (χ4n) is 0.835. The Morgan fingerprint density at radius 2 is 2.45 bits per heavy atom. The molecule has 4 heteroatoms. The van der Waals surface area contributed by atoms with Crippen LogP contribution in [0.4, 0.5) is 0 Å². The summed E-state index contributed by atoms with van der Waals surface area (Å²) in [5.41, 5.74) is 1.01. The van der Waals surface area contributed by atoms with Crippen LogP contribution >= 0.6 is 0 Å². The Bertz CT molecular complexity index is 180. The highest BCUT2D eigenvalue weighted by Crippen LogP contribution is 1.88. The van der Waals surface area contributed by atoms with Crippen LogP contribution < -0.4 is 5.32 Å². The average molecular weight is 154 g/mol. The maximum Gasteiger partial charge on any atom is 0.0837 e. The molecule has 0 saturated carbocycles. The predicted molar refractivity (Wildman–Crippen MR) is 43.2 cm³/mol. The molecule has 0 aromatic carbocycles. The number of nitrogens with zero attached hydrogens (tertiary/aromatic N) is 2. The van der Waals surface area contributed by atoms with Crippen molar-refractivity contribution in [1.29, 1.82) is 0 Å². The molecule has 0 bridgehead atoms. The van der Waals surface area contributed by atoms with E-state index in [9.17, 15) is 0 Å². The van der Waals surface area contributed by atoms with Crippen molar-refractivity contribution in [2.24, 2.45) is 0 Å². The summed E-state index contributed by atoms with van der Waals surface area (Å²) in [6, 6.07) is 0.543. The number of hydrogen-bond acceptors (Lipinski definition) is 3. The zero-order valence-corrected chi connectivity index (χ0v) is 6.96. The number of aromatic amines is 1. The number of hydrogen-bond donors (Lipinski definition) is 2. The van der Waals surface area contributed by atoms with Crippen LogP contribution in [0.5, 0.6) is 0 Å². The van der Waals surface area contributed by atoms with Crippen molar-refractivity contribution in [2.45, 2.75) is 26.3 Å². The van der Waals surface area contributed by atoms with Gasteiger partial charge in [0.15, 0.2) is 0 Å². The van der Waals surface area contributed by atoms with Gasteiger partial charge in [-0.3, -0.25) is 0 Å². The Labute approximate surface area is 66.4 Å². The molecule has 0 saturated heterocycles. The van der Waals surface area contributed by atoms with Gasteiger partial charge in [0.05, 0.1) is 11.9 Å². The quantitative estimate of drug-likeness (QED) is 0.657. The second-order valence-electron chi connectivity index (χ2n) is 2.82. The predicted octanol–water partition coefficient (Wildman–Crippen LogP) is 0.345. The normalized spacial score (nSPS) is 10.8. The molecular weight excluding hydrogens is 140 g/mol. The van der Waals surface area contributed by atoms with Crippen LogP contribution in [-0.2, 0) is 6.42 Å². The molecule has 0 aliphatic heterocycles. The molecule has 62 valence electrons. The second kappa shape index (κ2) is 4.08. The molecule has 0 fully saturated rings. The topological polar surface area (TPSA) is 53.6 Å². The van der Waals surface area contributed by atoms with Crippen molar-refractivity contribution in [2.75, 3.05) is 6.54 Å². The summed E-state index contributed by atoms with van der Waals surface area (Å²) in [6.45, 7) is 5.22. The molecule has 1 aromatic heterocycles. The third-order valence-corrected chi connectivity index (χ3v) is 1.40. The van der Waals surface area contributed by atoms with Gasteiger partial charge in [-0.2, -0.15) is 15.4 Å². The molecule has 0 amide bonds. The summed E-state index contributed by atoms with van der Waals surface area (Å²) in [6.07, 6.45) is 2.69. The first-order valence-corrected chi connectivity index (χ1v) is 3.87. The molecule has 1 heterocycles. The van der Waals surface area contributed by atoms with Gasteiger partial charge in [0.1, 0.15) is 0 Å². The number of H-pyrrole nitrogens is 1. The SMILES string of the molecule is CC(C)NCCc1cn[nH]n1. The Kier molecular flexibility index (Phi) is 3.04. The summed E-state index contributed by atoms with van der Waals surface area (Å²) in [5.74, 6) is 0. The fraction of sp³-hybridized carbons (Fsp3) is 0.714. The highest BCUT2D eigenvalue weighted by Gasteiger charge is 1.95. The van der Waals surface area contributed by atoms with Gasteiger partial charge in [0.2, 0.25) is 0 Å². The van der Waals surface area contributed by atoms with Crippen LogP contribution in [0.3, 0.4) is 0 Å². The largest absolute Gasteiger partial charge is 0.314 e. The monoisotopic (exact) mass is 154 g/mol. The van der Waals surface area contributed by atoms with Crippen LogP contribution in [0.25, 0.3) is 0 Å². The molecule has 0 atom stereocenters. The third-order valence-electron chi connectivity index (χ3n) is 1.40. The van der Waals surface area contributed by atoms with E-state index in [0.717, 1.165) is 18.7 Å². The van der Waals surface area contributed by atoms with Gasteiger partial charge >= 0.3 is 0 Å². The van der Waals surface area contributed by atoms with E-state index >= 15 is 0 Å². The number of nitrogens with one attached hydrogen (secondary N) is 2. The molecular formula is C7H14N4. The second-order valence-corrected chi connectivity index (χ2v) is 2.82. The van der Waals surface area contributed by atoms with E-state index in [1.54, 1.807) is 6.20 Å². The summed E-state index contributed by atoms with van der Waals surface area (Å²) < 4.78 is 0. The van der Waals surface area contributed by atoms with Gasteiger partial charge in [0, 0.05) is 19.0 Å². The average Bonchev–Trinajstić information content (AvgIpc) is 2.39. The molecule has 11 heavy (non-hydrogen) atoms. The Hall–Kier alpha value is -0.900.